The summed E-state index contributed by atoms with van der Waals surface area (Å²) in [6.07, 6.45) is 2.30. The first-order valence-corrected chi connectivity index (χ1v) is 5.13. The minimum absolute atomic E-state index is 0.00870. The molecule has 2 aliphatic rings. The molecule has 2 rings (SSSR count). The Balaban J connectivity index is 1.94. The van der Waals surface area contributed by atoms with Crippen molar-refractivity contribution in [2.75, 3.05) is 6.54 Å². The van der Waals surface area contributed by atoms with Gasteiger partial charge in [0.05, 0.1) is 12.1 Å². The third kappa shape index (κ3) is 1.48. The number of rotatable bonds is 2. The lowest BCUT2D eigenvalue weighted by atomic mass is 9.90. The van der Waals surface area contributed by atoms with Crippen LogP contribution in [0.5, 0.6) is 0 Å². The second-order valence-corrected chi connectivity index (χ2v) is 4.33. The minimum Gasteiger partial charge on any atom is -0.342 e. The summed E-state index contributed by atoms with van der Waals surface area (Å²) in [5, 5.41) is 14.3. The lowest BCUT2D eigenvalue weighted by Crippen LogP contribution is -2.49. The average molecular weight is 193 g/mol. The van der Waals surface area contributed by atoms with Crippen LogP contribution < -0.4 is 10.6 Å². The van der Waals surface area contributed by atoms with Crippen LogP contribution in [0.1, 0.15) is 19.8 Å². The van der Waals surface area contributed by atoms with Gasteiger partial charge in [-0.3, -0.25) is 4.79 Å². The van der Waals surface area contributed by atoms with E-state index in [9.17, 15) is 4.79 Å². The molecule has 0 spiro atoms. The quantitative estimate of drug-likeness (QED) is 0.607. The third-order valence-corrected chi connectivity index (χ3v) is 3.41. The van der Waals surface area contributed by atoms with Crippen LogP contribution in [0.2, 0.25) is 0 Å². The summed E-state index contributed by atoms with van der Waals surface area (Å²) in [6.45, 7) is 2.32. The highest BCUT2D eigenvalue weighted by Crippen LogP contribution is 2.39. The number of nitrogens with zero attached hydrogens (tertiary/aromatic N) is 1. The Hall–Kier alpha value is -1.08. The van der Waals surface area contributed by atoms with Gasteiger partial charge in [0.1, 0.15) is 6.54 Å². The van der Waals surface area contributed by atoms with Gasteiger partial charge in [0.25, 0.3) is 0 Å². The molecule has 2 N–H and O–H groups in total. The lowest BCUT2D eigenvalue weighted by molar-refractivity contribution is -0.124. The molecule has 76 valence electrons. The van der Waals surface area contributed by atoms with Crippen molar-refractivity contribution < 1.29 is 4.79 Å². The van der Waals surface area contributed by atoms with E-state index in [0.29, 0.717) is 17.9 Å². The predicted octanol–water partition coefficient (Wildman–Crippen LogP) is 0.0127. The number of fused-ring (bicyclic) bond motifs is 2. The highest BCUT2D eigenvalue weighted by Gasteiger charge is 2.46. The first kappa shape index (κ1) is 9.47. The molecule has 1 aliphatic heterocycles. The van der Waals surface area contributed by atoms with E-state index in [2.05, 4.69) is 17.6 Å². The van der Waals surface area contributed by atoms with E-state index in [1.165, 1.54) is 6.42 Å². The van der Waals surface area contributed by atoms with Gasteiger partial charge in [-0.25, -0.2) is 0 Å². The molecule has 2 fully saturated rings. The van der Waals surface area contributed by atoms with E-state index < -0.39 is 0 Å². The largest absolute Gasteiger partial charge is 0.342 e. The van der Waals surface area contributed by atoms with Gasteiger partial charge in [0.15, 0.2) is 0 Å². The van der Waals surface area contributed by atoms with E-state index >= 15 is 0 Å². The summed E-state index contributed by atoms with van der Waals surface area (Å²) in [5.74, 6) is 1.10. The molecule has 1 heterocycles. The molecule has 0 aromatic rings. The smallest absolute Gasteiger partial charge is 0.238 e. The molecular formula is C10H15N3O. The molecule has 4 atom stereocenters. The Morgan fingerprint density at radius 3 is 3.00 bits per heavy atom. The Kier molecular flexibility index (Phi) is 2.42. The molecule has 14 heavy (non-hydrogen) atoms. The molecule has 1 saturated heterocycles. The molecule has 0 radical (unpaired) electrons. The number of amides is 1. The van der Waals surface area contributed by atoms with E-state index in [1.807, 2.05) is 6.07 Å². The van der Waals surface area contributed by atoms with Crippen molar-refractivity contribution in [3.63, 3.8) is 0 Å². The van der Waals surface area contributed by atoms with Gasteiger partial charge in [0.2, 0.25) is 5.91 Å². The molecule has 4 nitrogen and oxygen atoms in total. The second kappa shape index (κ2) is 3.58. The van der Waals surface area contributed by atoms with Gasteiger partial charge >= 0.3 is 0 Å². The first-order valence-electron chi connectivity index (χ1n) is 5.13. The van der Waals surface area contributed by atoms with Crippen LogP contribution in [-0.2, 0) is 4.79 Å². The molecule has 1 aliphatic carbocycles. The summed E-state index contributed by atoms with van der Waals surface area (Å²) in [6, 6.07) is 2.38. The summed E-state index contributed by atoms with van der Waals surface area (Å²) in [7, 11) is 0. The Morgan fingerprint density at radius 1 is 1.64 bits per heavy atom. The van der Waals surface area contributed by atoms with Crippen LogP contribution in [0.25, 0.3) is 0 Å². The van der Waals surface area contributed by atoms with Crippen LogP contribution in [0, 0.1) is 23.2 Å². The maximum Gasteiger partial charge on any atom is 0.238 e. The van der Waals surface area contributed by atoms with Crippen molar-refractivity contribution in [2.24, 2.45) is 11.8 Å². The zero-order chi connectivity index (χ0) is 10.1. The van der Waals surface area contributed by atoms with Crippen LogP contribution in [0.3, 0.4) is 0 Å². The molecule has 0 aromatic heterocycles. The van der Waals surface area contributed by atoms with Crippen LogP contribution >= 0.6 is 0 Å². The van der Waals surface area contributed by atoms with Crippen LogP contribution in [0.15, 0.2) is 0 Å². The summed E-state index contributed by atoms with van der Waals surface area (Å²) < 4.78 is 0. The SMILES string of the molecule is CC1CC2CC1C(C(=O)NCC#N)N2. The number of nitrogens with one attached hydrogen (secondary N) is 2. The predicted molar refractivity (Wildman–Crippen MR) is 51.2 cm³/mol. The number of hydrogen-bond donors (Lipinski definition) is 2. The van der Waals surface area contributed by atoms with Gasteiger partial charge in [-0.1, -0.05) is 6.92 Å². The Morgan fingerprint density at radius 2 is 2.43 bits per heavy atom. The van der Waals surface area contributed by atoms with Gasteiger partial charge in [-0.15, -0.1) is 0 Å². The Labute approximate surface area is 83.7 Å². The zero-order valence-corrected chi connectivity index (χ0v) is 8.29. The van der Waals surface area contributed by atoms with Gasteiger partial charge in [-0.05, 0) is 24.7 Å². The number of piperidine rings is 1. The van der Waals surface area contributed by atoms with Gasteiger partial charge in [-0.2, -0.15) is 5.26 Å². The fourth-order valence-corrected chi connectivity index (χ4v) is 2.77. The molecule has 1 saturated carbocycles. The standard InChI is InChI=1S/C10H15N3O/c1-6-4-7-5-8(6)9(13-7)10(14)12-3-2-11/h6-9,13H,3-5H2,1H3,(H,12,14). The molecule has 0 aromatic carbocycles. The summed E-state index contributed by atoms with van der Waals surface area (Å²) in [4.78, 5) is 11.6. The van der Waals surface area contributed by atoms with Crippen molar-refractivity contribution in [1.82, 2.24) is 10.6 Å². The molecule has 4 unspecified atom stereocenters. The Bertz CT molecular complexity index is 284. The monoisotopic (exact) mass is 193 g/mol. The highest BCUT2D eigenvalue weighted by atomic mass is 16.2. The fraction of sp³-hybridized carbons (Fsp3) is 0.800. The van der Waals surface area contributed by atoms with Crippen LogP contribution in [0.4, 0.5) is 0 Å². The van der Waals surface area contributed by atoms with E-state index in [1.54, 1.807) is 0 Å². The number of carbonyl (C=O) groups excluding carboxylic acids is 1. The molecule has 2 bridgehead atoms. The minimum atomic E-state index is -0.0582. The van der Waals surface area contributed by atoms with Crippen molar-refractivity contribution in [2.45, 2.75) is 31.8 Å². The van der Waals surface area contributed by atoms with Crippen molar-refractivity contribution in [1.29, 1.82) is 5.26 Å². The van der Waals surface area contributed by atoms with E-state index in [-0.39, 0.29) is 18.5 Å². The summed E-state index contributed by atoms with van der Waals surface area (Å²) in [5.41, 5.74) is 0. The topological polar surface area (TPSA) is 64.9 Å². The fourth-order valence-electron chi connectivity index (χ4n) is 2.77. The van der Waals surface area contributed by atoms with E-state index in [0.717, 1.165) is 6.42 Å². The second-order valence-electron chi connectivity index (χ2n) is 4.33. The van der Waals surface area contributed by atoms with Gasteiger partial charge < -0.3 is 10.6 Å². The molecule has 1 amide bonds. The number of nitriles is 1. The lowest BCUT2D eigenvalue weighted by Gasteiger charge is -2.26. The summed E-state index contributed by atoms with van der Waals surface area (Å²) >= 11 is 0. The van der Waals surface area contributed by atoms with Gasteiger partial charge in [0, 0.05) is 6.04 Å². The highest BCUT2D eigenvalue weighted by molar-refractivity contribution is 5.83. The third-order valence-electron chi connectivity index (χ3n) is 3.41. The maximum atomic E-state index is 11.6. The molecule has 4 heteroatoms. The number of hydrogen-bond acceptors (Lipinski definition) is 3. The normalized spacial score (nSPS) is 39.4. The maximum absolute atomic E-state index is 11.6. The first-order chi connectivity index (χ1) is 6.72. The average Bonchev–Trinajstić information content (AvgIpc) is 2.72. The molecular weight excluding hydrogens is 178 g/mol. The number of carbonyl (C=O) groups is 1. The van der Waals surface area contributed by atoms with Crippen LogP contribution in [-0.4, -0.2) is 24.5 Å². The van der Waals surface area contributed by atoms with Crippen molar-refractivity contribution in [3.05, 3.63) is 0 Å². The van der Waals surface area contributed by atoms with Crippen molar-refractivity contribution in [3.8, 4) is 6.07 Å². The zero-order valence-electron chi connectivity index (χ0n) is 8.29. The van der Waals surface area contributed by atoms with Crippen molar-refractivity contribution >= 4 is 5.91 Å². The van der Waals surface area contributed by atoms with E-state index in [4.69, 9.17) is 5.26 Å².